The molecule has 0 aromatic heterocycles. The summed E-state index contributed by atoms with van der Waals surface area (Å²) in [5, 5.41) is 32.7. The lowest BCUT2D eigenvalue weighted by atomic mass is 9.63. The summed E-state index contributed by atoms with van der Waals surface area (Å²) >= 11 is 0. The van der Waals surface area contributed by atoms with Crippen LogP contribution in [-0.2, 0) is 4.74 Å². The Balaban J connectivity index is 2.25. The van der Waals surface area contributed by atoms with E-state index in [9.17, 15) is 24.9 Å². The zero-order valence-electron chi connectivity index (χ0n) is 15.6. The van der Waals surface area contributed by atoms with Gasteiger partial charge in [-0.05, 0) is 25.5 Å². The minimum absolute atomic E-state index is 0.0453. The predicted molar refractivity (Wildman–Crippen MR) is 94.9 cm³/mol. The third-order valence-corrected chi connectivity index (χ3v) is 6.20. The monoisotopic (exact) mass is 372 g/mol. The minimum atomic E-state index is -2.03. The Kier molecular flexibility index (Phi) is 3.21. The van der Waals surface area contributed by atoms with E-state index in [-0.39, 0.29) is 28.2 Å². The van der Waals surface area contributed by atoms with Crippen molar-refractivity contribution < 1.29 is 34.4 Å². The molecular weight excluding hydrogens is 352 g/mol. The highest BCUT2D eigenvalue weighted by molar-refractivity contribution is 6.24. The maximum atomic E-state index is 13.4. The summed E-state index contributed by atoms with van der Waals surface area (Å²) in [6.45, 7) is 6.81. The summed E-state index contributed by atoms with van der Waals surface area (Å²) in [5.74, 6) is -2.80. The van der Waals surface area contributed by atoms with Crippen LogP contribution in [0.3, 0.4) is 0 Å². The first-order valence-corrected chi connectivity index (χ1v) is 8.57. The van der Waals surface area contributed by atoms with Gasteiger partial charge < -0.3 is 24.8 Å². The molecule has 7 nitrogen and oxygen atoms in total. The number of phenols is 2. The van der Waals surface area contributed by atoms with E-state index in [1.807, 2.05) is 0 Å². The Labute approximate surface area is 155 Å². The van der Waals surface area contributed by atoms with Crippen molar-refractivity contribution in [3.63, 3.8) is 0 Å². The lowest BCUT2D eigenvalue weighted by molar-refractivity contribution is -0.00670. The van der Waals surface area contributed by atoms with E-state index in [0.29, 0.717) is 11.1 Å². The quantitative estimate of drug-likeness (QED) is 0.693. The highest BCUT2D eigenvalue weighted by atomic mass is 16.5. The first-order valence-electron chi connectivity index (χ1n) is 8.57. The van der Waals surface area contributed by atoms with E-state index < -0.39 is 40.2 Å². The number of phenolic OH excluding ortho intramolecular Hbond substituents is 2. The first-order chi connectivity index (χ1) is 12.5. The van der Waals surface area contributed by atoms with Crippen molar-refractivity contribution in [1.82, 2.24) is 0 Å². The van der Waals surface area contributed by atoms with Gasteiger partial charge in [0.05, 0.1) is 18.2 Å². The number of carbonyl (C=O) groups excluding carboxylic acids is 2. The van der Waals surface area contributed by atoms with Crippen molar-refractivity contribution in [3.05, 3.63) is 34.1 Å². The van der Waals surface area contributed by atoms with Crippen LogP contribution >= 0.6 is 0 Å². The molecule has 1 heterocycles. The van der Waals surface area contributed by atoms with Crippen LogP contribution in [0.15, 0.2) is 17.4 Å². The molecule has 1 aromatic carbocycles. The number of allylic oxidation sites excluding steroid dienone is 3. The van der Waals surface area contributed by atoms with Gasteiger partial charge in [-0.2, -0.15) is 0 Å². The third kappa shape index (κ3) is 1.71. The third-order valence-electron chi connectivity index (χ3n) is 6.20. The van der Waals surface area contributed by atoms with Gasteiger partial charge in [0.2, 0.25) is 11.5 Å². The van der Waals surface area contributed by atoms with Gasteiger partial charge in [-0.3, -0.25) is 9.59 Å². The number of hydrogen-bond donors (Lipinski definition) is 3. The Hall–Kier alpha value is -2.80. The molecule has 0 unspecified atom stereocenters. The van der Waals surface area contributed by atoms with Crippen molar-refractivity contribution >= 4 is 17.1 Å². The van der Waals surface area contributed by atoms with Crippen LogP contribution in [0.2, 0.25) is 0 Å². The van der Waals surface area contributed by atoms with Crippen LogP contribution in [0.5, 0.6) is 17.2 Å². The molecule has 1 fully saturated rings. The Morgan fingerprint density at radius 3 is 2.30 bits per heavy atom. The second-order valence-corrected chi connectivity index (χ2v) is 7.77. The van der Waals surface area contributed by atoms with Gasteiger partial charge in [0.25, 0.3) is 0 Å². The molecule has 4 rings (SSSR count). The maximum Gasteiger partial charge on any atom is 0.207 e. The number of hydrogen-bond acceptors (Lipinski definition) is 7. The van der Waals surface area contributed by atoms with Crippen LogP contribution in [0.4, 0.5) is 0 Å². The normalized spacial score (nSPS) is 27.8. The highest BCUT2D eigenvalue weighted by Crippen LogP contribution is 2.60. The summed E-state index contributed by atoms with van der Waals surface area (Å²) in [6, 6.07) is 0. The molecule has 1 aromatic rings. The fourth-order valence-corrected chi connectivity index (χ4v) is 4.25. The van der Waals surface area contributed by atoms with Gasteiger partial charge in [-0.15, -0.1) is 0 Å². The zero-order chi connectivity index (χ0) is 20.0. The van der Waals surface area contributed by atoms with E-state index in [1.54, 1.807) is 27.7 Å². The number of aliphatic hydroxyl groups is 1. The molecule has 2 atom stereocenters. The maximum absolute atomic E-state index is 13.4. The molecule has 1 aliphatic heterocycles. The van der Waals surface area contributed by atoms with Gasteiger partial charge >= 0.3 is 0 Å². The summed E-state index contributed by atoms with van der Waals surface area (Å²) in [7, 11) is 1.21. The molecule has 142 valence electrons. The van der Waals surface area contributed by atoms with E-state index in [0.717, 1.165) is 0 Å². The second kappa shape index (κ2) is 4.92. The summed E-state index contributed by atoms with van der Waals surface area (Å²) in [4.78, 5) is 26.0. The number of ether oxygens (including phenoxy) is 2. The average Bonchev–Trinajstić information content (AvgIpc) is 2.75. The minimum Gasteiger partial charge on any atom is -0.504 e. The SMILES string of the molecule is COc1c(O)c2c3c(c1O)C(=O)[C@@]1(O)C(=C3C(C)=CC2=O)O[C@H](C)C1(C)C. The number of aromatic hydroxyl groups is 2. The Morgan fingerprint density at radius 2 is 1.70 bits per heavy atom. The van der Waals surface area contributed by atoms with Crippen molar-refractivity contribution in [2.24, 2.45) is 5.41 Å². The standard InChI is InChI=1S/C20H20O7/c1-7-6-9(21)11-12-10(7)18-20(25,19(3,4)8(2)27-18)17(24)13(12)15(23)16(26-5)14(11)22/h6,8,22-23,25H,1-5H3/t8-,20-/m1/s1. The Morgan fingerprint density at radius 1 is 1.11 bits per heavy atom. The van der Waals surface area contributed by atoms with Gasteiger partial charge in [-0.1, -0.05) is 13.8 Å². The van der Waals surface area contributed by atoms with Crippen LogP contribution in [0, 0.1) is 5.41 Å². The van der Waals surface area contributed by atoms with Crippen molar-refractivity contribution in [2.75, 3.05) is 7.11 Å². The van der Waals surface area contributed by atoms with E-state index in [2.05, 4.69) is 0 Å². The average molecular weight is 372 g/mol. The highest BCUT2D eigenvalue weighted by Gasteiger charge is 2.66. The van der Waals surface area contributed by atoms with Crippen LogP contribution in [0.25, 0.3) is 5.57 Å². The molecule has 27 heavy (non-hydrogen) atoms. The van der Waals surface area contributed by atoms with Crippen LogP contribution < -0.4 is 4.74 Å². The number of benzene rings is 1. The topological polar surface area (TPSA) is 113 Å². The van der Waals surface area contributed by atoms with E-state index in [4.69, 9.17) is 9.47 Å². The molecule has 3 N–H and O–H groups in total. The van der Waals surface area contributed by atoms with Crippen LogP contribution in [0.1, 0.15) is 54.0 Å². The number of fused-ring (bicyclic) bond motifs is 1. The summed E-state index contributed by atoms with van der Waals surface area (Å²) in [5.41, 5.74) is -2.53. The molecule has 2 aliphatic carbocycles. The van der Waals surface area contributed by atoms with E-state index >= 15 is 0 Å². The smallest absolute Gasteiger partial charge is 0.207 e. The molecule has 0 bridgehead atoms. The van der Waals surface area contributed by atoms with Gasteiger partial charge in [0, 0.05) is 16.6 Å². The van der Waals surface area contributed by atoms with Gasteiger partial charge in [-0.25, -0.2) is 0 Å². The first kappa shape index (κ1) is 17.6. The van der Waals surface area contributed by atoms with Gasteiger partial charge in [0.1, 0.15) is 11.9 Å². The van der Waals surface area contributed by atoms with Crippen molar-refractivity contribution in [3.8, 4) is 17.2 Å². The molecule has 0 radical (unpaired) electrons. The number of rotatable bonds is 1. The fraction of sp³-hybridized carbons (Fsp3) is 0.400. The number of carbonyl (C=O) groups is 2. The number of Topliss-reactive ketones (excluding diaryl/α,β-unsaturated/α-hetero) is 1. The number of ketones is 2. The predicted octanol–water partition coefficient (Wildman–Crippen LogP) is 2.33. The molecule has 3 aliphatic rings. The lowest BCUT2D eigenvalue weighted by Crippen LogP contribution is -2.53. The molecule has 0 spiro atoms. The molecule has 0 saturated carbocycles. The fourth-order valence-electron chi connectivity index (χ4n) is 4.25. The largest absolute Gasteiger partial charge is 0.504 e. The molecule has 7 heteroatoms. The van der Waals surface area contributed by atoms with E-state index in [1.165, 1.54) is 13.2 Å². The lowest BCUT2D eigenvalue weighted by Gasteiger charge is -2.39. The molecule has 1 saturated heterocycles. The molecule has 0 amide bonds. The zero-order valence-corrected chi connectivity index (χ0v) is 15.6. The van der Waals surface area contributed by atoms with Crippen molar-refractivity contribution in [1.29, 1.82) is 0 Å². The number of methoxy groups -OCH3 is 1. The van der Waals surface area contributed by atoms with Crippen molar-refractivity contribution in [2.45, 2.75) is 39.4 Å². The van der Waals surface area contributed by atoms with Crippen LogP contribution in [-0.4, -0.2) is 45.7 Å². The summed E-state index contributed by atoms with van der Waals surface area (Å²) in [6.07, 6.45) is 0.801. The van der Waals surface area contributed by atoms with Gasteiger partial charge in [0.15, 0.2) is 22.9 Å². The summed E-state index contributed by atoms with van der Waals surface area (Å²) < 4.78 is 10.9. The second-order valence-electron chi connectivity index (χ2n) is 7.77. The molecular formula is C20H20O7. The Bertz CT molecular complexity index is 1010.